The molecule has 0 saturated carbocycles. The third-order valence-electron chi connectivity index (χ3n) is 6.50. The van der Waals surface area contributed by atoms with Gasteiger partial charge in [-0.2, -0.15) is 0 Å². The Morgan fingerprint density at radius 1 is 0.698 bits per heavy atom. The second-order valence-corrected chi connectivity index (χ2v) is 11.8. The van der Waals surface area contributed by atoms with Crippen molar-refractivity contribution in [3.8, 4) is 0 Å². The largest absolute Gasteiger partial charge is 0.445 e. The number of ether oxygens (including phenoxy) is 2. The SMILES string of the molecule is O=C(NC(Cc1ccccc1)CC(O)C(Cc1ccccc1)NC(=O)OCc1cncc(Br)c1)OCc1cncc(Br)c1. The van der Waals surface area contributed by atoms with Gasteiger partial charge >= 0.3 is 12.2 Å². The maximum atomic E-state index is 12.8. The molecule has 0 saturated heterocycles. The molecule has 9 nitrogen and oxygen atoms in total. The number of hydrogen-bond donors (Lipinski definition) is 3. The highest BCUT2D eigenvalue weighted by Crippen LogP contribution is 2.16. The fraction of sp³-hybridized carbons (Fsp3) is 0.250. The van der Waals surface area contributed by atoms with Gasteiger partial charge in [0.1, 0.15) is 13.2 Å². The van der Waals surface area contributed by atoms with Gasteiger partial charge in [0, 0.05) is 50.9 Å². The fourth-order valence-electron chi connectivity index (χ4n) is 4.47. The minimum absolute atomic E-state index is 0.0178. The van der Waals surface area contributed by atoms with Gasteiger partial charge in [0.25, 0.3) is 0 Å². The van der Waals surface area contributed by atoms with Crippen molar-refractivity contribution in [2.45, 2.75) is 50.7 Å². The van der Waals surface area contributed by atoms with Crippen LogP contribution in [0.5, 0.6) is 0 Å². The minimum atomic E-state index is -1.02. The van der Waals surface area contributed by atoms with Crippen LogP contribution in [0.2, 0.25) is 0 Å². The van der Waals surface area contributed by atoms with E-state index in [4.69, 9.17) is 9.47 Å². The molecule has 0 fully saturated rings. The highest BCUT2D eigenvalue weighted by atomic mass is 79.9. The number of halogens is 2. The molecule has 2 amide bonds. The maximum absolute atomic E-state index is 12.8. The van der Waals surface area contributed by atoms with Crippen molar-refractivity contribution in [2.75, 3.05) is 0 Å². The first-order valence-electron chi connectivity index (χ1n) is 13.7. The van der Waals surface area contributed by atoms with Crippen LogP contribution < -0.4 is 10.6 Å². The summed E-state index contributed by atoms with van der Waals surface area (Å²) >= 11 is 6.72. The Bertz CT molecular complexity index is 1460. The number of aliphatic hydroxyl groups is 1. The molecular weight excluding hydrogens is 680 g/mol. The minimum Gasteiger partial charge on any atom is -0.445 e. The number of pyridine rings is 2. The summed E-state index contributed by atoms with van der Waals surface area (Å²) < 4.78 is 12.4. The van der Waals surface area contributed by atoms with Gasteiger partial charge in [0.15, 0.2) is 0 Å². The van der Waals surface area contributed by atoms with E-state index in [1.54, 1.807) is 24.8 Å². The lowest BCUT2D eigenvalue weighted by atomic mass is 9.94. The van der Waals surface area contributed by atoms with E-state index in [9.17, 15) is 14.7 Å². The van der Waals surface area contributed by atoms with Gasteiger partial charge < -0.3 is 25.2 Å². The van der Waals surface area contributed by atoms with Crippen LogP contribution >= 0.6 is 31.9 Å². The summed E-state index contributed by atoms with van der Waals surface area (Å²) in [5.74, 6) is 0. The van der Waals surface area contributed by atoms with E-state index < -0.39 is 30.4 Å². The number of alkyl carbamates (subject to hydrolysis) is 2. The maximum Gasteiger partial charge on any atom is 0.407 e. The van der Waals surface area contributed by atoms with Crippen molar-refractivity contribution < 1.29 is 24.2 Å². The number of carbonyl (C=O) groups is 2. The topological polar surface area (TPSA) is 123 Å². The molecule has 2 aromatic heterocycles. The van der Waals surface area contributed by atoms with Crippen LogP contribution in [-0.2, 0) is 35.5 Å². The number of rotatable bonds is 13. The van der Waals surface area contributed by atoms with Crippen LogP contribution in [0.1, 0.15) is 28.7 Å². The molecule has 2 aromatic carbocycles. The van der Waals surface area contributed by atoms with Gasteiger partial charge in [0.2, 0.25) is 0 Å². The van der Waals surface area contributed by atoms with Crippen molar-refractivity contribution in [1.29, 1.82) is 0 Å². The molecule has 4 rings (SSSR count). The first-order valence-corrected chi connectivity index (χ1v) is 15.2. The molecule has 0 spiro atoms. The lowest BCUT2D eigenvalue weighted by Crippen LogP contribution is -2.48. The van der Waals surface area contributed by atoms with Crippen molar-refractivity contribution in [1.82, 2.24) is 20.6 Å². The van der Waals surface area contributed by atoms with Crippen molar-refractivity contribution in [2.24, 2.45) is 0 Å². The smallest absolute Gasteiger partial charge is 0.407 e. The number of aromatic nitrogens is 2. The Labute approximate surface area is 267 Å². The van der Waals surface area contributed by atoms with Crippen LogP contribution in [0, 0.1) is 0 Å². The fourth-order valence-corrected chi connectivity index (χ4v) is 5.29. The summed E-state index contributed by atoms with van der Waals surface area (Å²) in [6.45, 7) is 0.0559. The number of amides is 2. The molecule has 0 aliphatic carbocycles. The van der Waals surface area contributed by atoms with E-state index >= 15 is 0 Å². The lowest BCUT2D eigenvalue weighted by molar-refractivity contribution is 0.0860. The zero-order valence-corrected chi connectivity index (χ0v) is 26.4. The van der Waals surface area contributed by atoms with Gasteiger partial charge in [0.05, 0.1) is 12.1 Å². The second kappa shape index (κ2) is 16.7. The third kappa shape index (κ3) is 11.4. The van der Waals surface area contributed by atoms with Gasteiger partial charge in [-0.1, -0.05) is 60.7 Å². The standard InChI is InChI=1S/C32H32Br2N4O5/c33-26-11-24(16-35-18-26)20-42-31(40)37-28(13-22-7-3-1-4-8-22)15-30(39)29(14-23-9-5-2-6-10-23)38-32(41)43-21-25-12-27(34)19-36-17-25/h1-12,16-19,28-30,39H,13-15,20-21H2,(H,37,40)(H,38,41). The molecular formula is C32H32Br2N4O5. The predicted molar refractivity (Wildman–Crippen MR) is 169 cm³/mol. The van der Waals surface area contributed by atoms with E-state index in [-0.39, 0.29) is 19.6 Å². The first kappa shape index (κ1) is 32.1. The summed E-state index contributed by atoms with van der Waals surface area (Å²) in [5.41, 5.74) is 3.35. The molecule has 4 aromatic rings. The van der Waals surface area contributed by atoms with Crippen LogP contribution in [0.3, 0.4) is 0 Å². The van der Waals surface area contributed by atoms with Crippen LogP contribution in [0.4, 0.5) is 9.59 Å². The van der Waals surface area contributed by atoms with Crippen molar-refractivity contribution in [3.63, 3.8) is 0 Å². The summed E-state index contributed by atoms with van der Waals surface area (Å²) in [5, 5.41) is 17.2. The van der Waals surface area contributed by atoms with Crippen LogP contribution in [0.25, 0.3) is 0 Å². The zero-order chi connectivity index (χ0) is 30.4. The molecule has 3 unspecified atom stereocenters. The zero-order valence-electron chi connectivity index (χ0n) is 23.2. The van der Waals surface area contributed by atoms with Gasteiger partial charge in [-0.05, 0) is 74.4 Å². The second-order valence-electron chi connectivity index (χ2n) is 9.95. The molecule has 3 N–H and O–H groups in total. The van der Waals surface area contributed by atoms with Crippen molar-refractivity contribution in [3.05, 3.63) is 129 Å². The molecule has 0 radical (unpaired) electrons. The molecule has 0 aliphatic rings. The van der Waals surface area contributed by atoms with E-state index in [2.05, 4.69) is 52.5 Å². The van der Waals surface area contributed by atoms with E-state index in [0.29, 0.717) is 18.4 Å². The molecule has 2 heterocycles. The summed E-state index contributed by atoms with van der Waals surface area (Å²) in [6, 6.07) is 21.6. The average molecular weight is 712 g/mol. The summed E-state index contributed by atoms with van der Waals surface area (Å²) in [7, 11) is 0. The van der Waals surface area contributed by atoms with Gasteiger partial charge in [-0.25, -0.2) is 9.59 Å². The average Bonchev–Trinajstić information content (AvgIpc) is 3.00. The summed E-state index contributed by atoms with van der Waals surface area (Å²) in [6.07, 6.45) is 5.15. The quantitative estimate of drug-likeness (QED) is 0.153. The molecule has 43 heavy (non-hydrogen) atoms. The summed E-state index contributed by atoms with van der Waals surface area (Å²) in [4.78, 5) is 33.8. The number of carbonyl (C=O) groups excluding carboxylic acids is 2. The Balaban J connectivity index is 1.43. The highest BCUT2D eigenvalue weighted by molar-refractivity contribution is 9.10. The number of benzene rings is 2. The number of nitrogens with zero attached hydrogens (tertiary/aromatic N) is 2. The van der Waals surface area contributed by atoms with Crippen LogP contribution in [-0.4, -0.2) is 45.4 Å². The van der Waals surface area contributed by atoms with Crippen LogP contribution in [0.15, 0.2) is 107 Å². The Morgan fingerprint density at radius 3 is 1.70 bits per heavy atom. The van der Waals surface area contributed by atoms with Gasteiger partial charge in [-0.3, -0.25) is 9.97 Å². The predicted octanol–water partition coefficient (Wildman–Crippen LogP) is 6.13. The monoisotopic (exact) mass is 710 g/mol. The molecule has 11 heteroatoms. The molecule has 0 bridgehead atoms. The van der Waals surface area contributed by atoms with E-state index in [1.807, 2.05) is 72.8 Å². The Hall–Kier alpha value is -3.80. The molecule has 0 aliphatic heterocycles. The molecule has 3 atom stereocenters. The van der Waals surface area contributed by atoms with Crippen molar-refractivity contribution >= 4 is 44.0 Å². The lowest BCUT2D eigenvalue weighted by Gasteiger charge is -2.28. The number of aliphatic hydroxyl groups excluding tert-OH is 1. The first-order chi connectivity index (χ1) is 20.8. The van der Waals surface area contributed by atoms with E-state index in [0.717, 1.165) is 25.6 Å². The normalized spacial score (nSPS) is 12.9. The molecule has 224 valence electrons. The third-order valence-corrected chi connectivity index (χ3v) is 7.37. The van der Waals surface area contributed by atoms with Gasteiger partial charge in [-0.15, -0.1) is 0 Å². The number of hydrogen-bond acceptors (Lipinski definition) is 7. The number of nitrogens with one attached hydrogen (secondary N) is 2. The Kier molecular flexibility index (Phi) is 12.5. The highest BCUT2D eigenvalue weighted by Gasteiger charge is 2.27. The Morgan fingerprint density at radius 2 is 1.19 bits per heavy atom. The van der Waals surface area contributed by atoms with E-state index in [1.165, 1.54) is 0 Å².